The molecule has 2 bridgehead atoms. The van der Waals surface area contributed by atoms with E-state index in [1.807, 2.05) is 30.3 Å². The highest BCUT2D eigenvalue weighted by molar-refractivity contribution is 5.67. The predicted octanol–water partition coefficient (Wildman–Crippen LogP) is 1.63. The minimum absolute atomic E-state index is 0.202. The quantitative estimate of drug-likeness (QED) is 0.797. The summed E-state index contributed by atoms with van der Waals surface area (Å²) in [6.45, 7) is 6.12. The number of carbonyl (C=O) groups is 1. The number of nitrogens with one attached hydrogen (secondary N) is 1. The number of hydrogen-bond acceptors (Lipinski definition) is 6. The summed E-state index contributed by atoms with van der Waals surface area (Å²) in [5.41, 5.74) is -0.418. The number of aliphatic hydroxyl groups excluding tert-OH is 1. The van der Waals surface area contributed by atoms with Crippen LogP contribution in [0.4, 0.5) is 4.79 Å². The Hall–Kier alpha value is -1.67. The first-order valence-electron chi connectivity index (χ1n) is 8.86. The van der Waals surface area contributed by atoms with E-state index >= 15 is 0 Å². The van der Waals surface area contributed by atoms with Gasteiger partial charge in [0.15, 0.2) is 0 Å². The maximum atomic E-state index is 11.9. The molecule has 2 fully saturated rings. The molecule has 1 aromatic carbocycles. The second-order valence-corrected chi connectivity index (χ2v) is 7.75. The number of alkyl carbamates (subject to hydrolysis) is 1. The fourth-order valence-electron chi connectivity index (χ4n) is 3.31. The molecule has 2 heterocycles. The number of hydrogen-bond donors (Lipinski definition) is 2. The Morgan fingerprint density at radius 2 is 2.08 bits per heavy atom. The minimum atomic E-state index is -0.889. The van der Waals surface area contributed by atoms with E-state index in [1.165, 1.54) is 0 Å². The van der Waals surface area contributed by atoms with Crippen molar-refractivity contribution in [1.82, 2.24) is 5.32 Å². The number of rotatable bonds is 6. The topological polar surface area (TPSA) is 86.3 Å². The van der Waals surface area contributed by atoms with Crippen molar-refractivity contribution in [2.45, 2.75) is 56.9 Å². The van der Waals surface area contributed by atoms with E-state index in [-0.39, 0.29) is 25.9 Å². The summed E-state index contributed by atoms with van der Waals surface area (Å²) in [7, 11) is 0. The third kappa shape index (κ3) is 4.17. The molecule has 1 aromatic rings. The van der Waals surface area contributed by atoms with Crippen LogP contribution in [0.5, 0.6) is 0 Å². The molecule has 2 N–H and O–H groups in total. The Morgan fingerprint density at radius 1 is 1.35 bits per heavy atom. The Balaban J connectivity index is 1.58. The van der Waals surface area contributed by atoms with E-state index in [1.54, 1.807) is 20.8 Å². The standard InChI is InChI=1S/C19H27NO6/c1-18(2,3)26-17(22)20-9-14-15-16(19(11-21,25-14)12-24-15)23-10-13-7-5-4-6-8-13/h4-8,14-16,21H,9-12H2,1-3H3,(H,20,22)/t14-,15-,16-,19-/m0/s1. The van der Waals surface area contributed by atoms with Crippen molar-refractivity contribution < 1.29 is 28.8 Å². The SMILES string of the molecule is CC(C)(C)OC(=O)NC[C@@H]1O[C@@]2(CO)CO[C@@H]1[C@@H]2OCc1ccccc1. The maximum Gasteiger partial charge on any atom is 0.407 e. The number of benzene rings is 1. The van der Waals surface area contributed by atoms with Gasteiger partial charge in [0.2, 0.25) is 0 Å². The van der Waals surface area contributed by atoms with Crippen molar-refractivity contribution in [3.05, 3.63) is 35.9 Å². The molecule has 7 heteroatoms. The van der Waals surface area contributed by atoms with Gasteiger partial charge in [-0.3, -0.25) is 0 Å². The van der Waals surface area contributed by atoms with E-state index in [0.29, 0.717) is 6.61 Å². The molecule has 0 saturated carbocycles. The van der Waals surface area contributed by atoms with Crippen molar-refractivity contribution in [3.8, 4) is 0 Å². The molecule has 2 saturated heterocycles. The lowest BCUT2D eigenvalue weighted by Gasteiger charge is -2.29. The van der Waals surface area contributed by atoms with Gasteiger partial charge in [-0.05, 0) is 26.3 Å². The maximum absolute atomic E-state index is 11.9. The van der Waals surface area contributed by atoms with Crippen LogP contribution in [0.2, 0.25) is 0 Å². The first-order chi connectivity index (χ1) is 12.3. The van der Waals surface area contributed by atoms with Crippen LogP contribution in [0, 0.1) is 0 Å². The molecule has 2 aliphatic heterocycles. The average molecular weight is 365 g/mol. The van der Waals surface area contributed by atoms with Gasteiger partial charge in [-0.25, -0.2) is 4.79 Å². The lowest BCUT2D eigenvalue weighted by Crippen LogP contribution is -2.47. The molecular weight excluding hydrogens is 338 g/mol. The Bertz CT molecular complexity index is 616. The Kier molecular flexibility index (Phi) is 5.53. The molecule has 26 heavy (non-hydrogen) atoms. The molecule has 4 atom stereocenters. The normalized spacial score (nSPS) is 30.4. The van der Waals surface area contributed by atoms with Crippen LogP contribution in [0.3, 0.4) is 0 Å². The zero-order valence-corrected chi connectivity index (χ0v) is 15.4. The average Bonchev–Trinajstić information content (AvgIpc) is 3.10. The summed E-state index contributed by atoms with van der Waals surface area (Å²) in [4.78, 5) is 11.9. The Morgan fingerprint density at radius 3 is 2.73 bits per heavy atom. The van der Waals surface area contributed by atoms with Crippen LogP contribution < -0.4 is 5.32 Å². The largest absolute Gasteiger partial charge is 0.444 e. The summed E-state index contributed by atoms with van der Waals surface area (Å²) in [6, 6.07) is 9.80. The molecule has 0 aromatic heterocycles. The van der Waals surface area contributed by atoms with Crippen LogP contribution in [0.1, 0.15) is 26.3 Å². The van der Waals surface area contributed by atoms with Crippen LogP contribution >= 0.6 is 0 Å². The predicted molar refractivity (Wildman–Crippen MR) is 93.7 cm³/mol. The molecule has 0 unspecified atom stereocenters. The molecule has 1 amide bonds. The van der Waals surface area contributed by atoms with Crippen molar-refractivity contribution in [1.29, 1.82) is 0 Å². The van der Waals surface area contributed by atoms with Gasteiger partial charge in [0.05, 0.1) is 19.8 Å². The number of ether oxygens (including phenoxy) is 4. The van der Waals surface area contributed by atoms with Crippen LogP contribution in [0.15, 0.2) is 30.3 Å². The van der Waals surface area contributed by atoms with Crippen molar-refractivity contribution in [2.24, 2.45) is 0 Å². The van der Waals surface area contributed by atoms with E-state index < -0.39 is 29.5 Å². The van der Waals surface area contributed by atoms with Gasteiger partial charge in [0.25, 0.3) is 0 Å². The molecule has 7 nitrogen and oxygen atoms in total. The van der Waals surface area contributed by atoms with Crippen molar-refractivity contribution in [2.75, 3.05) is 19.8 Å². The summed E-state index contributed by atoms with van der Waals surface area (Å²) < 4.78 is 23.1. The van der Waals surface area contributed by atoms with Gasteiger partial charge in [0.1, 0.15) is 29.5 Å². The third-order valence-corrected chi connectivity index (χ3v) is 4.48. The van der Waals surface area contributed by atoms with Gasteiger partial charge >= 0.3 is 6.09 Å². The molecule has 0 aliphatic carbocycles. The van der Waals surface area contributed by atoms with E-state index in [9.17, 15) is 9.90 Å². The van der Waals surface area contributed by atoms with E-state index in [2.05, 4.69) is 5.32 Å². The van der Waals surface area contributed by atoms with Crippen LogP contribution in [-0.2, 0) is 25.6 Å². The first kappa shape index (κ1) is 19.1. The zero-order chi connectivity index (χ0) is 18.8. The lowest BCUT2D eigenvalue weighted by atomic mass is 9.99. The molecule has 2 aliphatic rings. The number of carbonyl (C=O) groups excluding carboxylic acids is 1. The smallest absolute Gasteiger partial charge is 0.407 e. The van der Waals surface area contributed by atoms with Gasteiger partial charge in [0, 0.05) is 6.54 Å². The fourth-order valence-corrected chi connectivity index (χ4v) is 3.31. The third-order valence-electron chi connectivity index (χ3n) is 4.48. The van der Waals surface area contributed by atoms with Gasteiger partial charge < -0.3 is 29.4 Å². The summed E-state index contributed by atoms with van der Waals surface area (Å²) in [6.07, 6.45) is -1.65. The van der Waals surface area contributed by atoms with Crippen molar-refractivity contribution >= 4 is 6.09 Å². The van der Waals surface area contributed by atoms with Gasteiger partial charge in [-0.1, -0.05) is 30.3 Å². The first-order valence-corrected chi connectivity index (χ1v) is 8.86. The summed E-state index contributed by atoms with van der Waals surface area (Å²) in [5.74, 6) is 0. The molecule has 3 rings (SSSR count). The molecule has 0 radical (unpaired) electrons. The zero-order valence-electron chi connectivity index (χ0n) is 15.4. The van der Waals surface area contributed by atoms with Gasteiger partial charge in [-0.2, -0.15) is 0 Å². The summed E-state index contributed by atoms with van der Waals surface area (Å²) >= 11 is 0. The number of fused-ring (bicyclic) bond motifs is 2. The van der Waals surface area contributed by atoms with Crippen LogP contribution in [0.25, 0.3) is 0 Å². The molecule has 0 spiro atoms. The molecule has 144 valence electrons. The lowest BCUT2D eigenvalue weighted by molar-refractivity contribution is -0.162. The van der Waals surface area contributed by atoms with E-state index in [0.717, 1.165) is 5.56 Å². The second kappa shape index (κ2) is 7.52. The highest BCUT2D eigenvalue weighted by Gasteiger charge is 2.62. The minimum Gasteiger partial charge on any atom is -0.444 e. The fraction of sp³-hybridized carbons (Fsp3) is 0.632. The van der Waals surface area contributed by atoms with Crippen LogP contribution in [-0.4, -0.2) is 60.5 Å². The highest BCUT2D eigenvalue weighted by Crippen LogP contribution is 2.41. The van der Waals surface area contributed by atoms with Crippen molar-refractivity contribution in [3.63, 3.8) is 0 Å². The highest BCUT2D eigenvalue weighted by atomic mass is 16.7. The summed E-state index contributed by atoms with van der Waals surface area (Å²) in [5, 5.41) is 12.6. The molecular formula is C19H27NO6. The number of amides is 1. The second-order valence-electron chi connectivity index (χ2n) is 7.75. The van der Waals surface area contributed by atoms with Gasteiger partial charge in [-0.15, -0.1) is 0 Å². The Labute approximate surface area is 153 Å². The number of aliphatic hydroxyl groups is 1. The monoisotopic (exact) mass is 365 g/mol. The van der Waals surface area contributed by atoms with E-state index in [4.69, 9.17) is 18.9 Å².